The molecule has 0 unspecified atom stereocenters. The van der Waals surface area contributed by atoms with Crippen LogP contribution < -0.4 is 5.32 Å². The Hall–Kier alpha value is -2.33. The summed E-state index contributed by atoms with van der Waals surface area (Å²) in [5.74, 6) is 0.0968. The molecule has 126 valence electrons. The van der Waals surface area contributed by atoms with Gasteiger partial charge in [0.15, 0.2) is 0 Å². The van der Waals surface area contributed by atoms with Crippen molar-refractivity contribution in [1.29, 1.82) is 0 Å². The van der Waals surface area contributed by atoms with Crippen molar-refractivity contribution in [1.82, 2.24) is 5.32 Å². The molecule has 0 saturated heterocycles. The van der Waals surface area contributed by atoms with Gasteiger partial charge in [-0.3, -0.25) is 0 Å². The monoisotopic (exact) mass is 325 g/mol. The highest BCUT2D eigenvalue weighted by Crippen LogP contribution is 2.44. The third-order valence-corrected chi connectivity index (χ3v) is 4.21. The van der Waals surface area contributed by atoms with Crippen molar-refractivity contribution in [2.45, 2.75) is 19.3 Å². The van der Waals surface area contributed by atoms with E-state index in [1.54, 1.807) is 0 Å². The van der Waals surface area contributed by atoms with Crippen LogP contribution in [0.2, 0.25) is 0 Å². The molecule has 3 rings (SSSR count). The second-order valence-electron chi connectivity index (χ2n) is 5.86. The fraction of sp³-hybridized carbons (Fsp3) is 0.350. The van der Waals surface area contributed by atoms with E-state index >= 15 is 0 Å². The Morgan fingerprint density at radius 1 is 1.00 bits per heavy atom. The highest BCUT2D eigenvalue weighted by Gasteiger charge is 2.28. The van der Waals surface area contributed by atoms with Crippen LogP contribution in [0.1, 0.15) is 30.4 Å². The Morgan fingerprint density at radius 3 is 2.25 bits per heavy atom. The van der Waals surface area contributed by atoms with Gasteiger partial charge in [-0.15, -0.1) is 0 Å². The van der Waals surface area contributed by atoms with Crippen LogP contribution in [0.15, 0.2) is 48.5 Å². The SMILES string of the molecule is CCCOCCNC(=O)OCC1c2ccccc2-c2ccccc21. The molecule has 0 radical (unpaired) electrons. The first kappa shape index (κ1) is 16.5. The van der Waals surface area contributed by atoms with Gasteiger partial charge in [-0.05, 0) is 28.7 Å². The fourth-order valence-electron chi connectivity index (χ4n) is 3.12. The van der Waals surface area contributed by atoms with E-state index in [1.165, 1.54) is 22.3 Å². The van der Waals surface area contributed by atoms with E-state index in [9.17, 15) is 4.79 Å². The molecule has 0 aliphatic heterocycles. The summed E-state index contributed by atoms with van der Waals surface area (Å²) < 4.78 is 10.8. The van der Waals surface area contributed by atoms with Crippen LogP contribution in [0.3, 0.4) is 0 Å². The van der Waals surface area contributed by atoms with Gasteiger partial charge in [0.1, 0.15) is 6.61 Å². The molecule has 1 amide bonds. The Labute approximate surface area is 142 Å². The van der Waals surface area contributed by atoms with Gasteiger partial charge in [0, 0.05) is 19.1 Å². The van der Waals surface area contributed by atoms with Crippen molar-refractivity contribution in [2.24, 2.45) is 0 Å². The first-order chi connectivity index (χ1) is 11.8. The largest absolute Gasteiger partial charge is 0.449 e. The molecule has 1 N–H and O–H groups in total. The van der Waals surface area contributed by atoms with Crippen LogP contribution >= 0.6 is 0 Å². The lowest BCUT2D eigenvalue weighted by Gasteiger charge is -2.14. The lowest BCUT2D eigenvalue weighted by atomic mass is 9.98. The molecule has 24 heavy (non-hydrogen) atoms. The summed E-state index contributed by atoms with van der Waals surface area (Å²) in [7, 11) is 0. The second kappa shape index (κ2) is 7.97. The summed E-state index contributed by atoms with van der Waals surface area (Å²) in [5.41, 5.74) is 4.90. The minimum Gasteiger partial charge on any atom is -0.449 e. The number of alkyl carbamates (subject to hydrolysis) is 1. The summed E-state index contributed by atoms with van der Waals surface area (Å²) in [6.45, 7) is 4.09. The van der Waals surface area contributed by atoms with Crippen LogP contribution in [0.5, 0.6) is 0 Å². The number of amides is 1. The Morgan fingerprint density at radius 2 is 1.62 bits per heavy atom. The average Bonchev–Trinajstić information content (AvgIpc) is 2.94. The number of ether oxygens (including phenoxy) is 2. The predicted molar refractivity (Wildman–Crippen MR) is 94.2 cm³/mol. The quantitative estimate of drug-likeness (QED) is 0.784. The molecule has 0 saturated carbocycles. The highest BCUT2D eigenvalue weighted by molar-refractivity contribution is 5.79. The molecule has 2 aromatic rings. The highest BCUT2D eigenvalue weighted by atomic mass is 16.5. The van der Waals surface area contributed by atoms with E-state index in [1.807, 2.05) is 24.3 Å². The third kappa shape index (κ3) is 3.60. The zero-order chi connectivity index (χ0) is 16.8. The Balaban J connectivity index is 1.58. The number of nitrogens with one attached hydrogen (secondary N) is 1. The van der Waals surface area contributed by atoms with Crippen molar-refractivity contribution in [3.63, 3.8) is 0 Å². The molecule has 0 atom stereocenters. The van der Waals surface area contributed by atoms with E-state index in [0.29, 0.717) is 26.4 Å². The lowest BCUT2D eigenvalue weighted by Crippen LogP contribution is -2.29. The first-order valence-electron chi connectivity index (χ1n) is 8.48. The van der Waals surface area contributed by atoms with Gasteiger partial charge in [-0.25, -0.2) is 4.79 Å². The summed E-state index contributed by atoms with van der Waals surface area (Å²) in [4.78, 5) is 11.9. The maximum Gasteiger partial charge on any atom is 0.407 e. The topological polar surface area (TPSA) is 47.6 Å². The molecule has 0 aromatic heterocycles. The van der Waals surface area contributed by atoms with Gasteiger partial charge in [0.2, 0.25) is 0 Å². The number of rotatable bonds is 7. The van der Waals surface area contributed by atoms with Gasteiger partial charge in [0.05, 0.1) is 6.61 Å². The minimum atomic E-state index is -0.392. The van der Waals surface area contributed by atoms with Gasteiger partial charge >= 0.3 is 6.09 Å². The lowest BCUT2D eigenvalue weighted by molar-refractivity contribution is 0.121. The summed E-state index contributed by atoms with van der Waals surface area (Å²) in [6.07, 6.45) is 0.585. The number of hydrogen-bond acceptors (Lipinski definition) is 3. The molecule has 1 aliphatic carbocycles. The van der Waals surface area contributed by atoms with Gasteiger partial charge < -0.3 is 14.8 Å². The van der Waals surface area contributed by atoms with E-state index < -0.39 is 6.09 Å². The standard InChI is InChI=1S/C20H23NO3/c1-2-12-23-13-11-21-20(22)24-14-19-17-9-5-3-7-15(17)16-8-4-6-10-18(16)19/h3-10,19H,2,11-14H2,1H3,(H,21,22). The maximum atomic E-state index is 11.9. The predicted octanol–water partition coefficient (Wildman–Crippen LogP) is 3.95. The van der Waals surface area contributed by atoms with Crippen molar-refractivity contribution < 1.29 is 14.3 Å². The third-order valence-electron chi connectivity index (χ3n) is 4.21. The van der Waals surface area contributed by atoms with Crippen LogP contribution in [0.25, 0.3) is 11.1 Å². The Bertz CT molecular complexity index is 653. The van der Waals surface area contributed by atoms with E-state index in [-0.39, 0.29) is 5.92 Å². The zero-order valence-corrected chi connectivity index (χ0v) is 14.0. The molecule has 4 heteroatoms. The van der Waals surface area contributed by atoms with E-state index in [2.05, 4.69) is 36.5 Å². The summed E-state index contributed by atoms with van der Waals surface area (Å²) in [6, 6.07) is 16.6. The number of fused-ring (bicyclic) bond motifs is 3. The van der Waals surface area contributed by atoms with Crippen molar-refractivity contribution >= 4 is 6.09 Å². The van der Waals surface area contributed by atoms with Crippen LogP contribution in [-0.2, 0) is 9.47 Å². The molecular weight excluding hydrogens is 302 g/mol. The van der Waals surface area contributed by atoms with Crippen LogP contribution in [0, 0.1) is 0 Å². The average molecular weight is 325 g/mol. The number of benzene rings is 2. The molecule has 0 heterocycles. The van der Waals surface area contributed by atoms with Gasteiger partial charge in [-0.1, -0.05) is 55.5 Å². The normalized spacial score (nSPS) is 12.5. The number of carbonyl (C=O) groups excluding carboxylic acids is 1. The van der Waals surface area contributed by atoms with E-state index in [0.717, 1.165) is 6.42 Å². The molecule has 4 nitrogen and oxygen atoms in total. The second-order valence-corrected chi connectivity index (χ2v) is 5.86. The maximum absolute atomic E-state index is 11.9. The van der Waals surface area contributed by atoms with Gasteiger partial charge in [-0.2, -0.15) is 0 Å². The molecular formula is C20H23NO3. The zero-order valence-electron chi connectivity index (χ0n) is 14.0. The smallest absolute Gasteiger partial charge is 0.407 e. The molecule has 0 fully saturated rings. The van der Waals surface area contributed by atoms with Crippen molar-refractivity contribution in [2.75, 3.05) is 26.4 Å². The molecule has 0 bridgehead atoms. The van der Waals surface area contributed by atoms with E-state index in [4.69, 9.17) is 9.47 Å². The molecule has 0 spiro atoms. The fourth-order valence-corrected chi connectivity index (χ4v) is 3.12. The first-order valence-corrected chi connectivity index (χ1v) is 8.48. The molecule has 1 aliphatic rings. The number of carbonyl (C=O) groups is 1. The van der Waals surface area contributed by atoms with Crippen LogP contribution in [-0.4, -0.2) is 32.5 Å². The number of hydrogen-bond donors (Lipinski definition) is 1. The van der Waals surface area contributed by atoms with Gasteiger partial charge in [0.25, 0.3) is 0 Å². The van der Waals surface area contributed by atoms with Crippen molar-refractivity contribution in [3.8, 4) is 11.1 Å². The van der Waals surface area contributed by atoms with Crippen LogP contribution in [0.4, 0.5) is 4.79 Å². The van der Waals surface area contributed by atoms with Crippen molar-refractivity contribution in [3.05, 3.63) is 59.7 Å². The Kier molecular flexibility index (Phi) is 5.49. The summed E-state index contributed by atoms with van der Waals surface area (Å²) in [5, 5.41) is 2.73. The molecule has 2 aromatic carbocycles. The minimum absolute atomic E-state index is 0.0968. The summed E-state index contributed by atoms with van der Waals surface area (Å²) >= 11 is 0.